The molecule has 1 amide bonds. The number of aliphatic carboxylic acids is 1. The van der Waals surface area contributed by atoms with E-state index in [9.17, 15) is 14.7 Å². The number of nitrogens with zero attached hydrogens (tertiary/aromatic N) is 1. The Balaban J connectivity index is 1.75. The molecule has 0 saturated carbocycles. The molecule has 0 radical (unpaired) electrons. The predicted octanol–water partition coefficient (Wildman–Crippen LogP) is 3.16. The molecule has 1 unspecified atom stereocenters. The summed E-state index contributed by atoms with van der Waals surface area (Å²) in [6.07, 6.45) is 1.64. The second-order valence-corrected chi connectivity index (χ2v) is 7.59. The van der Waals surface area contributed by atoms with Crippen molar-refractivity contribution in [3.63, 3.8) is 0 Å². The summed E-state index contributed by atoms with van der Waals surface area (Å²) in [4.78, 5) is 26.5. The second kappa shape index (κ2) is 8.74. The first-order valence-electron chi connectivity index (χ1n) is 7.85. The van der Waals surface area contributed by atoms with Crippen molar-refractivity contribution < 1.29 is 19.4 Å². The maximum atomic E-state index is 12.3. The molecule has 24 heavy (non-hydrogen) atoms. The minimum Gasteiger partial charge on any atom is -0.481 e. The van der Waals surface area contributed by atoms with Gasteiger partial charge in [0.25, 0.3) is 0 Å². The standard InChI is InChI=1S/C17H22ClNO4S/c1-23-12-17(16(21)22)8-9-19(11-17)15(20)3-2-10-24-14-6-4-13(18)5-7-14/h4-7H,2-3,8-12H2,1H3,(H,21,22). The van der Waals surface area contributed by atoms with Crippen LogP contribution < -0.4 is 0 Å². The van der Waals surface area contributed by atoms with Gasteiger partial charge in [-0.3, -0.25) is 9.59 Å². The second-order valence-electron chi connectivity index (χ2n) is 5.99. The van der Waals surface area contributed by atoms with E-state index in [1.807, 2.05) is 24.3 Å². The van der Waals surface area contributed by atoms with E-state index in [2.05, 4.69) is 0 Å². The lowest BCUT2D eigenvalue weighted by molar-refractivity contribution is -0.151. The maximum Gasteiger partial charge on any atom is 0.313 e. The van der Waals surface area contributed by atoms with Gasteiger partial charge < -0.3 is 14.7 Å². The normalized spacial score (nSPS) is 20.3. The number of carboxylic acids is 1. The molecule has 132 valence electrons. The molecule has 0 spiro atoms. The Morgan fingerprint density at radius 2 is 2.08 bits per heavy atom. The number of thioether (sulfide) groups is 1. The average Bonchev–Trinajstić information content (AvgIpc) is 2.99. The molecule has 0 aromatic heterocycles. The molecule has 1 aliphatic heterocycles. The summed E-state index contributed by atoms with van der Waals surface area (Å²) in [5.74, 6) is -0.0347. The molecule has 1 aromatic rings. The highest BCUT2D eigenvalue weighted by molar-refractivity contribution is 7.99. The summed E-state index contributed by atoms with van der Waals surface area (Å²) in [7, 11) is 1.49. The first-order chi connectivity index (χ1) is 11.5. The molecule has 0 aliphatic carbocycles. The topological polar surface area (TPSA) is 66.8 Å². The summed E-state index contributed by atoms with van der Waals surface area (Å²) in [6, 6.07) is 7.61. The lowest BCUT2D eigenvalue weighted by atomic mass is 9.88. The Morgan fingerprint density at radius 1 is 1.38 bits per heavy atom. The van der Waals surface area contributed by atoms with E-state index in [0.717, 1.165) is 17.1 Å². The lowest BCUT2D eigenvalue weighted by Gasteiger charge is -2.23. The van der Waals surface area contributed by atoms with Gasteiger partial charge in [-0.1, -0.05) is 11.6 Å². The van der Waals surface area contributed by atoms with Gasteiger partial charge in [-0.25, -0.2) is 0 Å². The molecule has 0 bridgehead atoms. The van der Waals surface area contributed by atoms with Crippen molar-refractivity contribution in [1.29, 1.82) is 0 Å². The Labute approximate surface area is 151 Å². The largest absolute Gasteiger partial charge is 0.481 e. The van der Waals surface area contributed by atoms with Crippen molar-refractivity contribution in [3.05, 3.63) is 29.3 Å². The van der Waals surface area contributed by atoms with Gasteiger partial charge >= 0.3 is 5.97 Å². The smallest absolute Gasteiger partial charge is 0.313 e. The highest BCUT2D eigenvalue weighted by Crippen LogP contribution is 2.32. The molecule has 1 heterocycles. The van der Waals surface area contributed by atoms with E-state index < -0.39 is 11.4 Å². The number of likely N-dealkylation sites (tertiary alicyclic amines) is 1. The van der Waals surface area contributed by atoms with Crippen LogP contribution >= 0.6 is 23.4 Å². The number of carboxylic acid groups (broad SMARTS) is 1. The van der Waals surface area contributed by atoms with Gasteiger partial charge in [0.1, 0.15) is 5.41 Å². The maximum absolute atomic E-state index is 12.3. The van der Waals surface area contributed by atoms with Gasteiger partial charge in [0.2, 0.25) is 5.91 Å². The van der Waals surface area contributed by atoms with Crippen LogP contribution in [0.3, 0.4) is 0 Å². The zero-order valence-corrected chi connectivity index (χ0v) is 15.2. The Bertz CT molecular complexity index is 580. The summed E-state index contributed by atoms with van der Waals surface area (Å²) in [5, 5.41) is 10.1. The number of carbonyl (C=O) groups is 2. The monoisotopic (exact) mass is 371 g/mol. The first kappa shape index (κ1) is 19.1. The highest BCUT2D eigenvalue weighted by atomic mass is 35.5. The van der Waals surface area contributed by atoms with Crippen LogP contribution in [0.1, 0.15) is 19.3 Å². The van der Waals surface area contributed by atoms with E-state index in [1.54, 1.807) is 16.7 Å². The average molecular weight is 372 g/mol. The number of ether oxygens (including phenoxy) is 1. The fourth-order valence-corrected chi connectivity index (χ4v) is 3.80. The van der Waals surface area contributed by atoms with Gasteiger partial charge in [0, 0.05) is 36.5 Å². The van der Waals surface area contributed by atoms with E-state index in [4.69, 9.17) is 16.3 Å². The molecule has 1 aliphatic rings. The fraction of sp³-hybridized carbons (Fsp3) is 0.529. The van der Waals surface area contributed by atoms with E-state index in [1.165, 1.54) is 7.11 Å². The molecular formula is C17H22ClNO4S. The number of amides is 1. The van der Waals surface area contributed by atoms with Crippen molar-refractivity contribution in [1.82, 2.24) is 4.90 Å². The van der Waals surface area contributed by atoms with Gasteiger partial charge in [-0.15, -0.1) is 11.8 Å². The molecule has 1 aromatic carbocycles. The van der Waals surface area contributed by atoms with Gasteiger partial charge in [0.15, 0.2) is 0 Å². The lowest BCUT2D eigenvalue weighted by Crippen LogP contribution is -2.40. The zero-order chi connectivity index (χ0) is 17.6. The highest BCUT2D eigenvalue weighted by Gasteiger charge is 2.46. The van der Waals surface area contributed by atoms with E-state index in [0.29, 0.717) is 24.4 Å². The van der Waals surface area contributed by atoms with Crippen LogP contribution in [0.25, 0.3) is 0 Å². The van der Waals surface area contributed by atoms with Crippen LogP contribution in [0.15, 0.2) is 29.2 Å². The van der Waals surface area contributed by atoms with Crippen molar-refractivity contribution in [2.75, 3.05) is 32.6 Å². The van der Waals surface area contributed by atoms with Gasteiger partial charge in [-0.2, -0.15) is 0 Å². The summed E-state index contributed by atoms with van der Waals surface area (Å²) < 4.78 is 5.04. The Hall–Kier alpha value is -1.24. The molecule has 7 heteroatoms. The van der Waals surface area contributed by atoms with Crippen LogP contribution in [0.4, 0.5) is 0 Å². The van der Waals surface area contributed by atoms with Gasteiger partial charge in [0.05, 0.1) is 6.61 Å². The van der Waals surface area contributed by atoms with Crippen LogP contribution in [-0.2, 0) is 14.3 Å². The van der Waals surface area contributed by atoms with Crippen LogP contribution in [-0.4, -0.2) is 54.4 Å². The third-order valence-corrected chi connectivity index (χ3v) is 5.55. The third-order valence-electron chi connectivity index (χ3n) is 4.20. The number of methoxy groups -OCH3 is 1. The van der Waals surface area contributed by atoms with Crippen molar-refractivity contribution in [3.8, 4) is 0 Å². The van der Waals surface area contributed by atoms with E-state index in [-0.39, 0.29) is 19.1 Å². The minimum atomic E-state index is -0.956. The number of hydrogen-bond acceptors (Lipinski definition) is 4. The molecule has 1 fully saturated rings. The van der Waals surface area contributed by atoms with Crippen LogP contribution in [0.5, 0.6) is 0 Å². The van der Waals surface area contributed by atoms with Crippen LogP contribution in [0.2, 0.25) is 5.02 Å². The predicted molar refractivity (Wildman–Crippen MR) is 94.6 cm³/mol. The molecule has 1 saturated heterocycles. The minimum absolute atomic E-state index is 0.0194. The Kier molecular flexibility index (Phi) is 6.95. The number of carbonyl (C=O) groups excluding carboxylic acids is 1. The summed E-state index contributed by atoms with van der Waals surface area (Å²) >= 11 is 7.53. The van der Waals surface area contributed by atoms with Crippen LogP contribution in [0, 0.1) is 5.41 Å². The summed E-state index contributed by atoms with van der Waals surface area (Å²) in [5.41, 5.74) is -0.956. The first-order valence-corrected chi connectivity index (χ1v) is 9.22. The SMILES string of the molecule is COCC1(C(=O)O)CCN(C(=O)CCCSc2ccc(Cl)cc2)C1. The van der Waals surface area contributed by atoms with Crippen molar-refractivity contribution in [2.45, 2.75) is 24.2 Å². The fourth-order valence-electron chi connectivity index (χ4n) is 2.82. The molecule has 1 N–H and O–H groups in total. The summed E-state index contributed by atoms with van der Waals surface area (Å²) in [6.45, 7) is 0.858. The molecule has 2 rings (SSSR count). The quantitative estimate of drug-likeness (QED) is 0.561. The number of halogens is 1. The molecule has 5 nitrogen and oxygen atoms in total. The zero-order valence-electron chi connectivity index (χ0n) is 13.7. The molecule has 1 atom stereocenters. The molecular weight excluding hydrogens is 350 g/mol. The third kappa shape index (κ3) is 4.88. The van der Waals surface area contributed by atoms with E-state index >= 15 is 0 Å². The van der Waals surface area contributed by atoms with Crippen molar-refractivity contribution in [2.24, 2.45) is 5.41 Å². The number of hydrogen-bond donors (Lipinski definition) is 1. The van der Waals surface area contributed by atoms with Crippen molar-refractivity contribution >= 4 is 35.2 Å². The Morgan fingerprint density at radius 3 is 2.71 bits per heavy atom. The number of rotatable bonds is 8. The number of benzene rings is 1. The van der Waals surface area contributed by atoms with Gasteiger partial charge in [-0.05, 0) is 42.9 Å².